The second-order valence-corrected chi connectivity index (χ2v) is 4.72. The molecular weight excluding hydrogens is 297 g/mol. The molecule has 0 aliphatic heterocycles. The van der Waals surface area contributed by atoms with E-state index in [9.17, 15) is 9.18 Å². The van der Waals surface area contributed by atoms with Crippen LogP contribution in [-0.4, -0.2) is 10.1 Å². The summed E-state index contributed by atoms with van der Waals surface area (Å²) >= 11 is 6.05. The maximum Gasteiger partial charge on any atom is 0.248 e. The van der Waals surface area contributed by atoms with Crippen LogP contribution in [-0.2, 0) is 0 Å². The minimum absolute atomic E-state index is 0.0720. The number of nitrogens with two attached hydrogens (primary N) is 1. The van der Waals surface area contributed by atoms with Gasteiger partial charge in [0.2, 0.25) is 11.4 Å². The van der Waals surface area contributed by atoms with Gasteiger partial charge >= 0.3 is 0 Å². The Bertz CT molecular complexity index is 852. The highest BCUT2D eigenvalue weighted by atomic mass is 35.5. The second kappa shape index (κ2) is 5.06. The van der Waals surface area contributed by atoms with Crippen LogP contribution in [0.25, 0.3) is 22.4 Å². The zero-order chi connectivity index (χ0) is 15.0. The first-order chi connectivity index (χ1) is 10.1. The molecule has 3 aromatic rings. The molecule has 1 aromatic carbocycles. The minimum atomic E-state index is -0.552. The van der Waals surface area contributed by atoms with Gasteiger partial charge in [-0.15, -0.1) is 0 Å². The quantitative estimate of drug-likeness (QED) is 0.762. The molecule has 106 valence electrons. The second-order valence-electron chi connectivity index (χ2n) is 4.31. The van der Waals surface area contributed by atoms with Gasteiger partial charge in [0.05, 0.1) is 10.6 Å². The number of anilines is 1. The lowest BCUT2D eigenvalue weighted by Crippen LogP contribution is -2.02. The topological polar surface area (TPSA) is 84.9 Å². The van der Waals surface area contributed by atoms with Crippen molar-refractivity contribution in [2.45, 2.75) is 0 Å². The molecule has 0 aliphatic rings. The number of nitrogen functional groups attached to an aromatic ring is 1. The highest BCUT2D eigenvalue weighted by molar-refractivity contribution is 6.33. The molecule has 2 aromatic heterocycles. The standard InChI is InChI=1S/C14H9ClFN3O2/c15-8-2-1-3-9(16)11(8)12-13(19-21-14(12)17)7-4-5-18-10(20)6-7/h1-6H,17H2,(H,18,20). The number of nitrogens with zero attached hydrogens (tertiary/aromatic N) is 1. The molecule has 5 nitrogen and oxygen atoms in total. The van der Waals surface area contributed by atoms with Crippen LogP contribution in [0.15, 0.2) is 45.8 Å². The first kappa shape index (κ1) is 13.4. The van der Waals surface area contributed by atoms with E-state index in [1.807, 2.05) is 0 Å². The maximum absolute atomic E-state index is 14.1. The Balaban J connectivity index is 2.30. The number of halogens is 2. The Labute approximate surface area is 123 Å². The molecule has 0 saturated carbocycles. The van der Waals surface area contributed by atoms with E-state index < -0.39 is 5.82 Å². The molecule has 0 spiro atoms. The Morgan fingerprint density at radius 2 is 2.10 bits per heavy atom. The summed E-state index contributed by atoms with van der Waals surface area (Å²) in [7, 11) is 0. The lowest BCUT2D eigenvalue weighted by molar-refractivity contribution is 0.439. The number of aromatic nitrogens is 2. The van der Waals surface area contributed by atoms with Gasteiger partial charge in [-0.1, -0.05) is 22.8 Å². The molecule has 0 aliphatic carbocycles. The number of nitrogens with one attached hydrogen (secondary N) is 1. The van der Waals surface area contributed by atoms with Crippen molar-refractivity contribution < 1.29 is 8.91 Å². The Hall–Kier alpha value is -2.60. The number of benzene rings is 1. The number of hydrogen-bond donors (Lipinski definition) is 2. The van der Waals surface area contributed by atoms with Gasteiger partial charge in [0, 0.05) is 23.4 Å². The Kier molecular flexibility index (Phi) is 3.23. The number of pyridine rings is 1. The third-order valence-corrected chi connectivity index (χ3v) is 3.29. The van der Waals surface area contributed by atoms with Crippen LogP contribution in [0, 0.1) is 5.82 Å². The molecule has 3 N–H and O–H groups in total. The van der Waals surface area contributed by atoms with Gasteiger partial charge in [0.1, 0.15) is 11.5 Å². The molecule has 3 rings (SSSR count). The van der Waals surface area contributed by atoms with Gasteiger partial charge < -0.3 is 15.2 Å². The number of H-pyrrole nitrogens is 1. The molecular formula is C14H9ClFN3O2. The van der Waals surface area contributed by atoms with Crippen LogP contribution in [0.4, 0.5) is 10.3 Å². The van der Waals surface area contributed by atoms with Crippen molar-refractivity contribution >= 4 is 17.5 Å². The van der Waals surface area contributed by atoms with Crippen LogP contribution in [0.2, 0.25) is 5.02 Å². The highest BCUT2D eigenvalue weighted by Gasteiger charge is 2.22. The largest absolute Gasteiger partial charge is 0.367 e. The van der Waals surface area contributed by atoms with Crippen LogP contribution >= 0.6 is 11.6 Å². The first-order valence-corrected chi connectivity index (χ1v) is 6.34. The molecule has 2 heterocycles. The van der Waals surface area contributed by atoms with Gasteiger partial charge in [0.25, 0.3) is 0 Å². The molecule has 0 saturated heterocycles. The summed E-state index contributed by atoms with van der Waals surface area (Å²) in [6, 6.07) is 7.20. The first-order valence-electron chi connectivity index (χ1n) is 5.96. The van der Waals surface area contributed by atoms with Crippen molar-refractivity contribution in [1.29, 1.82) is 0 Å². The van der Waals surface area contributed by atoms with Crippen molar-refractivity contribution in [1.82, 2.24) is 10.1 Å². The Morgan fingerprint density at radius 3 is 2.81 bits per heavy atom. The number of aromatic amines is 1. The predicted octanol–water partition coefficient (Wildman–Crippen LogP) is 3.07. The van der Waals surface area contributed by atoms with Crippen molar-refractivity contribution in [2.24, 2.45) is 0 Å². The van der Waals surface area contributed by atoms with Gasteiger partial charge in [-0.2, -0.15) is 0 Å². The smallest absolute Gasteiger partial charge is 0.248 e. The van der Waals surface area contributed by atoms with E-state index in [0.29, 0.717) is 5.56 Å². The fourth-order valence-electron chi connectivity index (χ4n) is 2.07. The van der Waals surface area contributed by atoms with Crippen molar-refractivity contribution in [3.8, 4) is 22.4 Å². The monoisotopic (exact) mass is 305 g/mol. The molecule has 21 heavy (non-hydrogen) atoms. The summed E-state index contributed by atoms with van der Waals surface area (Å²) in [4.78, 5) is 13.9. The van der Waals surface area contributed by atoms with E-state index >= 15 is 0 Å². The molecule has 0 bridgehead atoms. The van der Waals surface area contributed by atoms with E-state index in [4.69, 9.17) is 21.9 Å². The van der Waals surface area contributed by atoms with Gasteiger partial charge in [-0.25, -0.2) is 4.39 Å². The highest BCUT2D eigenvalue weighted by Crippen LogP contribution is 2.40. The lowest BCUT2D eigenvalue weighted by atomic mass is 10.0. The molecule has 0 fully saturated rings. The fourth-order valence-corrected chi connectivity index (χ4v) is 2.33. The molecule has 0 unspecified atom stereocenters. The van der Waals surface area contributed by atoms with Crippen LogP contribution in [0.5, 0.6) is 0 Å². The average Bonchev–Trinajstić information content (AvgIpc) is 2.81. The van der Waals surface area contributed by atoms with E-state index in [1.165, 1.54) is 30.5 Å². The van der Waals surface area contributed by atoms with Crippen molar-refractivity contribution in [3.05, 3.63) is 57.7 Å². The van der Waals surface area contributed by atoms with Crippen molar-refractivity contribution in [3.63, 3.8) is 0 Å². The summed E-state index contributed by atoms with van der Waals surface area (Å²) in [5.41, 5.74) is 6.45. The van der Waals surface area contributed by atoms with E-state index in [2.05, 4.69) is 10.1 Å². The summed E-state index contributed by atoms with van der Waals surface area (Å²) in [6.07, 6.45) is 1.45. The van der Waals surface area contributed by atoms with Crippen LogP contribution < -0.4 is 11.3 Å². The van der Waals surface area contributed by atoms with Gasteiger partial charge in [-0.05, 0) is 18.2 Å². The Morgan fingerprint density at radius 1 is 1.29 bits per heavy atom. The van der Waals surface area contributed by atoms with E-state index in [1.54, 1.807) is 6.07 Å². The third kappa shape index (κ3) is 2.30. The van der Waals surface area contributed by atoms with Gasteiger partial charge in [-0.3, -0.25) is 4.79 Å². The number of hydrogen-bond acceptors (Lipinski definition) is 4. The summed E-state index contributed by atoms with van der Waals surface area (Å²) < 4.78 is 19.0. The summed E-state index contributed by atoms with van der Waals surface area (Å²) in [5, 5.41) is 3.98. The van der Waals surface area contributed by atoms with Gasteiger partial charge in [0.15, 0.2) is 0 Å². The molecule has 0 atom stereocenters. The predicted molar refractivity (Wildman–Crippen MR) is 77.4 cm³/mol. The van der Waals surface area contributed by atoms with Crippen molar-refractivity contribution in [2.75, 3.05) is 5.73 Å². The maximum atomic E-state index is 14.1. The minimum Gasteiger partial charge on any atom is -0.367 e. The third-order valence-electron chi connectivity index (χ3n) is 2.98. The lowest BCUT2D eigenvalue weighted by Gasteiger charge is -2.06. The van der Waals surface area contributed by atoms with Crippen LogP contribution in [0.1, 0.15) is 0 Å². The summed E-state index contributed by atoms with van der Waals surface area (Å²) in [5.74, 6) is -0.624. The SMILES string of the molecule is Nc1onc(-c2cc[nH]c(=O)c2)c1-c1c(F)cccc1Cl. The summed E-state index contributed by atoms with van der Waals surface area (Å²) in [6.45, 7) is 0. The number of rotatable bonds is 2. The van der Waals surface area contributed by atoms with E-state index in [0.717, 1.165) is 0 Å². The molecule has 0 amide bonds. The molecule has 7 heteroatoms. The fraction of sp³-hybridized carbons (Fsp3) is 0. The van der Waals surface area contributed by atoms with E-state index in [-0.39, 0.29) is 33.3 Å². The normalized spacial score (nSPS) is 10.8. The zero-order valence-electron chi connectivity index (χ0n) is 10.6. The zero-order valence-corrected chi connectivity index (χ0v) is 11.3. The molecule has 0 radical (unpaired) electrons. The van der Waals surface area contributed by atoms with Crippen LogP contribution in [0.3, 0.4) is 0 Å². The average molecular weight is 306 g/mol.